The van der Waals surface area contributed by atoms with Gasteiger partial charge in [-0.2, -0.15) is 0 Å². The summed E-state index contributed by atoms with van der Waals surface area (Å²) in [6.45, 7) is 4.09. The van der Waals surface area contributed by atoms with Crippen molar-refractivity contribution in [3.8, 4) is 0 Å². The molecule has 1 aliphatic rings. The van der Waals surface area contributed by atoms with E-state index < -0.39 is 0 Å². The lowest BCUT2D eigenvalue weighted by Crippen LogP contribution is -1.92. The normalized spacial score (nSPS) is 26.8. The van der Waals surface area contributed by atoms with E-state index in [-0.39, 0.29) is 0 Å². The topological polar surface area (TPSA) is 9.23 Å². The maximum absolute atomic E-state index is 5.03. The number of hydrogen-bond donors (Lipinski definition) is 0. The molecule has 8 heavy (non-hydrogen) atoms. The molecule has 1 aliphatic heterocycles. The van der Waals surface area contributed by atoms with Crippen molar-refractivity contribution < 1.29 is 4.74 Å². The molecule has 0 aromatic carbocycles. The first-order valence-electron chi connectivity index (χ1n) is 2.81. The molecule has 1 nitrogen and oxygen atoms in total. The third-order valence-corrected chi connectivity index (χ3v) is 1.13. The van der Waals surface area contributed by atoms with Gasteiger partial charge in [-0.3, -0.25) is 0 Å². The maximum atomic E-state index is 5.03. The van der Waals surface area contributed by atoms with Crippen molar-refractivity contribution in [1.29, 1.82) is 0 Å². The second kappa shape index (κ2) is 2.03. The Kier molecular flexibility index (Phi) is 1.38. The van der Waals surface area contributed by atoms with Gasteiger partial charge in [0.2, 0.25) is 0 Å². The van der Waals surface area contributed by atoms with Crippen molar-refractivity contribution in [3.05, 3.63) is 24.2 Å². The Labute approximate surface area is 49.7 Å². The van der Waals surface area contributed by atoms with Crippen LogP contribution in [0.25, 0.3) is 0 Å². The molecule has 0 aliphatic carbocycles. The van der Waals surface area contributed by atoms with Crippen molar-refractivity contribution >= 4 is 0 Å². The van der Waals surface area contributed by atoms with Crippen LogP contribution in [0.4, 0.5) is 0 Å². The zero-order chi connectivity index (χ0) is 5.98. The minimum atomic E-state index is 0.545. The Morgan fingerprint density at radius 2 is 2.38 bits per heavy atom. The van der Waals surface area contributed by atoms with Crippen LogP contribution in [0.1, 0.15) is 13.8 Å². The Hall–Kier alpha value is -0.720. The van der Waals surface area contributed by atoms with E-state index in [0.29, 0.717) is 5.92 Å². The zero-order valence-corrected chi connectivity index (χ0v) is 5.22. The molecule has 1 rings (SSSR count). The van der Waals surface area contributed by atoms with Gasteiger partial charge in [-0.1, -0.05) is 6.92 Å². The molecule has 0 fully saturated rings. The second-order valence-electron chi connectivity index (χ2n) is 2.08. The van der Waals surface area contributed by atoms with Gasteiger partial charge in [0, 0.05) is 0 Å². The van der Waals surface area contributed by atoms with E-state index in [4.69, 9.17) is 4.74 Å². The van der Waals surface area contributed by atoms with Gasteiger partial charge in [0.1, 0.15) is 0 Å². The van der Waals surface area contributed by atoms with Crippen LogP contribution in [-0.4, -0.2) is 0 Å². The Balaban J connectivity index is 2.60. The molecule has 1 heterocycles. The van der Waals surface area contributed by atoms with Gasteiger partial charge < -0.3 is 4.74 Å². The summed E-state index contributed by atoms with van der Waals surface area (Å²) in [4.78, 5) is 0. The van der Waals surface area contributed by atoms with E-state index in [1.54, 1.807) is 6.26 Å². The summed E-state index contributed by atoms with van der Waals surface area (Å²) < 4.78 is 5.03. The minimum absolute atomic E-state index is 0.545. The quantitative estimate of drug-likeness (QED) is 0.464. The van der Waals surface area contributed by atoms with Crippen LogP contribution in [0, 0.1) is 5.92 Å². The molecule has 0 N–H and O–H groups in total. The highest BCUT2D eigenvalue weighted by atomic mass is 16.5. The SMILES string of the molecule is CC1=CC(C)C=CO1. The molecule has 0 saturated heterocycles. The van der Waals surface area contributed by atoms with E-state index in [0.717, 1.165) is 5.76 Å². The van der Waals surface area contributed by atoms with E-state index in [9.17, 15) is 0 Å². The summed E-state index contributed by atoms with van der Waals surface area (Å²) >= 11 is 0. The first-order valence-corrected chi connectivity index (χ1v) is 2.81. The molecule has 1 atom stereocenters. The Morgan fingerprint density at radius 1 is 1.62 bits per heavy atom. The second-order valence-corrected chi connectivity index (χ2v) is 2.08. The summed E-state index contributed by atoms with van der Waals surface area (Å²) in [7, 11) is 0. The molecule has 1 heteroatoms. The van der Waals surface area contributed by atoms with Gasteiger partial charge in [0.15, 0.2) is 0 Å². The number of allylic oxidation sites excluding steroid dienone is 3. The van der Waals surface area contributed by atoms with Crippen LogP contribution >= 0.6 is 0 Å². The van der Waals surface area contributed by atoms with E-state index in [2.05, 4.69) is 13.0 Å². The van der Waals surface area contributed by atoms with Crippen LogP contribution in [-0.2, 0) is 4.74 Å². The van der Waals surface area contributed by atoms with Crippen molar-refractivity contribution in [2.24, 2.45) is 5.92 Å². The fraction of sp³-hybridized carbons (Fsp3) is 0.429. The first kappa shape index (κ1) is 5.42. The van der Waals surface area contributed by atoms with Gasteiger partial charge in [0.05, 0.1) is 12.0 Å². The molecule has 0 aromatic rings. The molecule has 0 aromatic heterocycles. The predicted octanol–water partition coefficient (Wildman–Crippen LogP) is 2.07. The van der Waals surface area contributed by atoms with Crippen molar-refractivity contribution in [2.75, 3.05) is 0 Å². The smallest absolute Gasteiger partial charge is 0.0967 e. The van der Waals surface area contributed by atoms with Crippen LogP contribution in [0.5, 0.6) is 0 Å². The average molecular weight is 110 g/mol. The molecule has 0 spiro atoms. The van der Waals surface area contributed by atoms with Gasteiger partial charge in [0.25, 0.3) is 0 Å². The van der Waals surface area contributed by atoms with Crippen molar-refractivity contribution in [2.45, 2.75) is 13.8 Å². The highest BCUT2D eigenvalue weighted by molar-refractivity contribution is 5.05. The number of ether oxygens (including phenoxy) is 1. The summed E-state index contributed by atoms with van der Waals surface area (Å²) in [5, 5.41) is 0. The van der Waals surface area contributed by atoms with E-state index in [1.807, 2.05) is 13.0 Å². The fourth-order valence-corrected chi connectivity index (χ4v) is 0.736. The fourth-order valence-electron chi connectivity index (χ4n) is 0.736. The summed E-state index contributed by atoms with van der Waals surface area (Å²) in [6.07, 6.45) is 5.84. The largest absolute Gasteiger partial charge is 0.470 e. The minimum Gasteiger partial charge on any atom is -0.470 e. The number of rotatable bonds is 0. The van der Waals surface area contributed by atoms with Gasteiger partial charge in [-0.15, -0.1) is 0 Å². The monoisotopic (exact) mass is 110 g/mol. The van der Waals surface area contributed by atoms with Crippen LogP contribution in [0.15, 0.2) is 24.2 Å². The van der Waals surface area contributed by atoms with E-state index >= 15 is 0 Å². The lowest BCUT2D eigenvalue weighted by molar-refractivity contribution is 0.337. The third-order valence-electron chi connectivity index (χ3n) is 1.13. The Bertz CT molecular complexity index is 133. The molecular weight excluding hydrogens is 100 g/mol. The standard InChI is InChI=1S/C7H10O/c1-6-3-4-8-7(2)5-6/h3-6H,1-2H3. The van der Waals surface area contributed by atoms with Gasteiger partial charge >= 0.3 is 0 Å². The predicted molar refractivity (Wildman–Crippen MR) is 33.1 cm³/mol. The third kappa shape index (κ3) is 1.12. The first-order chi connectivity index (χ1) is 3.79. The summed E-state index contributed by atoms with van der Waals surface area (Å²) in [5.74, 6) is 1.55. The van der Waals surface area contributed by atoms with Gasteiger partial charge in [-0.25, -0.2) is 0 Å². The van der Waals surface area contributed by atoms with Crippen molar-refractivity contribution in [3.63, 3.8) is 0 Å². The summed E-state index contributed by atoms with van der Waals surface area (Å²) in [5.41, 5.74) is 0. The van der Waals surface area contributed by atoms with Crippen LogP contribution < -0.4 is 0 Å². The Morgan fingerprint density at radius 3 is 2.75 bits per heavy atom. The molecular formula is C7H10O. The summed E-state index contributed by atoms with van der Waals surface area (Å²) in [6, 6.07) is 0. The van der Waals surface area contributed by atoms with E-state index in [1.165, 1.54) is 0 Å². The van der Waals surface area contributed by atoms with Crippen LogP contribution in [0.2, 0.25) is 0 Å². The number of hydrogen-bond acceptors (Lipinski definition) is 1. The molecule has 1 unspecified atom stereocenters. The molecule has 0 radical (unpaired) electrons. The maximum Gasteiger partial charge on any atom is 0.0967 e. The molecule has 0 saturated carbocycles. The highest BCUT2D eigenvalue weighted by Crippen LogP contribution is 2.11. The lowest BCUT2D eigenvalue weighted by atomic mass is 10.1. The van der Waals surface area contributed by atoms with Gasteiger partial charge in [-0.05, 0) is 25.0 Å². The lowest BCUT2D eigenvalue weighted by Gasteiger charge is -2.08. The van der Waals surface area contributed by atoms with Crippen molar-refractivity contribution in [1.82, 2.24) is 0 Å². The molecule has 44 valence electrons. The van der Waals surface area contributed by atoms with Crippen LogP contribution in [0.3, 0.4) is 0 Å². The zero-order valence-electron chi connectivity index (χ0n) is 5.22. The highest BCUT2D eigenvalue weighted by Gasteiger charge is 1.98. The molecule has 0 bridgehead atoms. The molecule has 0 amide bonds. The average Bonchev–Trinajstić information content (AvgIpc) is 1.64.